The molecular formula is C29H39N5O. The Morgan fingerprint density at radius 1 is 1.09 bits per heavy atom. The number of pyridine rings is 1. The van der Waals surface area contributed by atoms with Gasteiger partial charge in [0, 0.05) is 43.3 Å². The van der Waals surface area contributed by atoms with E-state index in [2.05, 4.69) is 87.5 Å². The van der Waals surface area contributed by atoms with Gasteiger partial charge in [-0.25, -0.2) is 9.78 Å². The van der Waals surface area contributed by atoms with Crippen LogP contribution in [-0.2, 0) is 6.42 Å². The molecule has 3 N–H and O–H groups in total. The minimum atomic E-state index is -0.351. The third-order valence-corrected chi connectivity index (χ3v) is 7.22. The molecule has 0 unspecified atom stereocenters. The van der Waals surface area contributed by atoms with Crippen LogP contribution in [0.5, 0.6) is 0 Å². The van der Waals surface area contributed by atoms with E-state index in [0.717, 1.165) is 60.2 Å². The van der Waals surface area contributed by atoms with Crippen LogP contribution < -0.4 is 20.9 Å². The Hall–Kier alpha value is -3.28. The summed E-state index contributed by atoms with van der Waals surface area (Å²) in [6, 6.07) is 16.8. The second-order valence-electron chi connectivity index (χ2n) is 10.2. The molecule has 186 valence electrons. The van der Waals surface area contributed by atoms with Crippen LogP contribution in [0.15, 0.2) is 48.5 Å². The predicted octanol–water partition coefficient (Wildman–Crippen LogP) is 6.30. The molecule has 6 nitrogen and oxygen atoms in total. The Morgan fingerprint density at radius 3 is 2.43 bits per heavy atom. The number of amides is 2. The lowest BCUT2D eigenvalue weighted by Gasteiger charge is -2.38. The number of rotatable bonds is 7. The molecule has 1 heterocycles. The molecule has 0 saturated heterocycles. The van der Waals surface area contributed by atoms with E-state index < -0.39 is 0 Å². The second kappa shape index (κ2) is 10.5. The first-order valence-electron chi connectivity index (χ1n) is 12.8. The van der Waals surface area contributed by atoms with Crippen molar-refractivity contribution in [1.29, 1.82) is 0 Å². The Labute approximate surface area is 209 Å². The third kappa shape index (κ3) is 5.21. The number of nitrogens with two attached hydrogens (primary N) is 1. The number of urea groups is 1. The highest BCUT2D eigenvalue weighted by molar-refractivity contribution is 5.94. The zero-order chi connectivity index (χ0) is 25.1. The summed E-state index contributed by atoms with van der Waals surface area (Å²) in [6.45, 7) is 6.50. The summed E-state index contributed by atoms with van der Waals surface area (Å²) in [5.74, 6) is 1.22. The molecule has 0 atom stereocenters. The number of carbonyl (C=O) groups excluding carboxylic acids is 1. The molecule has 6 heteroatoms. The average Bonchev–Trinajstić information content (AvgIpc) is 2.84. The van der Waals surface area contributed by atoms with Crippen LogP contribution in [0.3, 0.4) is 0 Å². The van der Waals surface area contributed by atoms with E-state index in [1.165, 1.54) is 11.1 Å². The average molecular weight is 474 g/mol. The van der Waals surface area contributed by atoms with Crippen molar-refractivity contribution in [3.8, 4) is 0 Å². The first kappa shape index (κ1) is 24.8. The van der Waals surface area contributed by atoms with E-state index in [1.807, 2.05) is 11.0 Å². The molecule has 0 aliphatic heterocycles. The van der Waals surface area contributed by atoms with Crippen molar-refractivity contribution in [3.63, 3.8) is 0 Å². The molecule has 2 aromatic carbocycles. The number of nitrogens with zero attached hydrogens (tertiary/aromatic N) is 3. The minimum Gasteiger partial charge on any atom is -0.377 e. The molecule has 0 radical (unpaired) electrons. The van der Waals surface area contributed by atoms with E-state index in [9.17, 15) is 4.79 Å². The van der Waals surface area contributed by atoms with Gasteiger partial charge in [-0.3, -0.25) is 4.90 Å². The zero-order valence-electron chi connectivity index (χ0n) is 21.7. The van der Waals surface area contributed by atoms with E-state index >= 15 is 0 Å². The molecular weight excluding hydrogens is 434 g/mol. The third-order valence-electron chi connectivity index (χ3n) is 7.22. The van der Waals surface area contributed by atoms with Crippen LogP contribution >= 0.6 is 0 Å². The van der Waals surface area contributed by atoms with Gasteiger partial charge in [0.25, 0.3) is 0 Å². The summed E-state index contributed by atoms with van der Waals surface area (Å²) >= 11 is 0. The largest absolute Gasteiger partial charge is 0.377 e. The normalized spacial score (nSPS) is 18.0. The summed E-state index contributed by atoms with van der Waals surface area (Å²) in [5, 5.41) is 4.83. The fraction of sp³-hybridized carbons (Fsp3) is 0.448. The molecule has 4 rings (SSSR count). The van der Waals surface area contributed by atoms with Crippen molar-refractivity contribution >= 4 is 34.1 Å². The highest BCUT2D eigenvalue weighted by Crippen LogP contribution is 2.37. The van der Waals surface area contributed by atoms with Gasteiger partial charge >= 0.3 is 6.03 Å². The highest BCUT2D eigenvalue weighted by atomic mass is 16.2. The standard InChI is InChI=1S/C29H39N5O/c1-6-20-10-9-12-23(19(2)3)28(20)34(29(30)35)22-16-14-21(15-17-22)31-27-18-26(33(4)5)24-11-7-8-13-25(24)32-27/h7-13,18-19,21-22H,6,14-17H2,1-5H3,(H2,30,35)(H,31,32)/t21-,22+. The van der Waals surface area contributed by atoms with Gasteiger partial charge < -0.3 is 16.0 Å². The lowest BCUT2D eigenvalue weighted by molar-refractivity contribution is 0.248. The molecule has 3 aromatic rings. The summed E-state index contributed by atoms with van der Waals surface area (Å²) in [6.07, 6.45) is 4.62. The number of benzene rings is 2. The number of nitrogens with one attached hydrogen (secondary N) is 1. The fourth-order valence-corrected chi connectivity index (χ4v) is 5.42. The van der Waals surface area contributed by atoms with Gasteiger partial charge in [-0.2, -0.15) is 0 Å². The van der Waals surface area contributed by atoms with Crippen LogP contribution in [0.4, 0.5) is 22.0 Å². The summed E-state index contributed by atoms with van der Waals surface area (Å²) in [4.78, 5) is 21.7. The molecule has 1 fully saturated rings. The van der Waals surface area contributed by atoms with E-state index in [0.29, 0.717) is 12.0 Å². The summed E-state index contributed by atoms with van der Waals surface area (Å²) in [5.41, 5.74) is 11.6. The van der Waals surface area contributed by atoms with E-state index in [4.69, 9.17) is 10.7 Å². The van der Waals surface area contributed by atoms with Crippen LogP contribution in [0.25, 0.3) is 10.9 Å². The number of primary amides is 1. The highest BCUT2D eigenvalue weighted by Gasteiger charge is 2.32. The van der Waals surface area contributed by atoms with Crippen LogP contribution in [0.2, 0.25) is 0 Å². The summed E-state index contributed by atoms with van der Waals surface area (Å²) < 4.78 is 0. The Morgan fingerprint density at radius 2 is 1.80 bits per heavy atom. The van der Waals surface area contributed by atoms with Crippen molar-refractivity contribution in [3.05, 3.63) is 59.7 Å². The molecule has 35 heavy (non-hydrogen) atoms. The number of para-hydroxylation sites is 2. The van der Waals surface area contributed by atoms with Gasteiger partial charge in [0.15, 0.2) is 0 Å². The number of hydrogen-bond acceptors (Lipinski definition) is 4. The van der Waals surface area contributed by atoms with Gasteiger partial charge in [-0.1, -0.05) is 57.2 Å². The number of hydrogen-bond donors (Lipinski definition) is 2. The Kier molecular flexibility index (Phi) is 7.48. The van der Waals surface area contributed by atoms with Gasteiger partial charge in [0.05, 0.1) is 11.2 Å². The Balaban J connectivity index is 1.53. The fourth-order valence-electron chi connectivity index (χ4n) is 5.42. The van der Waals surface area contributed by atoms with Crippen LogP contribution in [-0.4, -0.2) is 37.2 Å². The van der Waals surface area contributed by atoms with Crippen molar-refractivity contribution in [2.75, 3.05) is 29.2 Å². The van der Waals surface area contributed by atoms with Crippen LogP contribution in [0.1, 0.15) is 63.5 Å². The maximum Gasteiger partial charge on any atom is 0.319 e. The lowest BCUT2D eigenvalue weighted by atomic mass is 9.88. The van der Waals surface area contributed by atoms with Crippen molar-refractivity contribution in [1.82, 2.24) is 4.98 Å². The summed E-state index contributed by atoms with van der Waals surface area (Å²) in [7, 11) is 4.13. The van der Waals surface area contributed by atoms with Gasteiger partial charge in [0.1, 0.15) is 5.82 Å². The number of fused-ring (bicyclic) bond motifs is 1. The van der Waals surface area contributed by atoms with E-state index in [1.54, 1.807) is 0 Å². The number of anilines is 3. The first-order chi connectivity index (χ1) is 16.8. The molecule has 0 bridgehead atoms. The Bertz CT molecular complexity index is 1180. The number of aryl methyl sites for hydroxylation is 1. The monoisotopic (exact) mass is 473 g/mol. The maximum atomic E-state index is 12.8. The second-order valence-corrected chi connectivity index (χ2v) is 10.2. The predicted molar refractivity (Wildman–Crippen MR) is 148 cm³/mol. The SMILES string of the molecule is CCc1cccc(C(C)C)c1N(C(N)=O)[C@H]1CC[C@@H](Nc2cc(N(C)C)c3ccccc3n2)CC1. The smallest absolute Gasteiger partial charge is 0.319 e. The van der Waals surface area contributed by atoms with Gasteiger partial charge in [-0.05, 0) is 55.2 Å². The number of carbonyl (C=O) groups is 1. The van der Waals surface area contributed by atoms with Crippen molar-refractivity contribution in [2.45, 2.75) is 70.9 Å². The van der Waals surface area contributed by atoms with E-state index in [-0.39, 0.29) is 12.1 Å². The molecule has 1 aliphatic rings. The zero-order valence-corrected chi connectivity index (χ0v) is 21.7. The molecule has 1 aromatic heterocycles. The topological polar surface area (TPSA) is 74.5 Å². The molecule has 0 spiro atoms. The van der Waals surface area contributed by atoms with Crippen molar-refractivity contribution in [2.24, 2.45) is 5.73 Å². The van der Waals surface area contributed by atoms with Gasteiger partial charge in [-0.15, -0.1) is 0 Å². The van der Waals surface area contributed by atoms with Crippen molar-refractivity contribution < 1.29 is 4.79 Å². The first-order valence-corrected chi connectivity index (χ1v) is 12.8. The molecule has 1 aliphatic carbocycles. The molecule has 1 saturated carbocycles. The molecule has 2 amide bonds. The van der Waals surface area contributed by atoms with Gasteiger partial charge in [0.2, 0.25) is 0 Å². The minimum absolute atomic E-state index is 0.109. The number of aromatic nitrogens is 1. The quantitative estimate of drug-likeness (QED) is 0.423. The van der Waals surface area contributed by atoms with Crippen LogP contribution in [0, 0.1) is 0 Å². The maximum absolute atomic E-state index is 12.8. The lowest BCUT2D eigenvalue weighted by Crippen LogP contribution is -2.47.